The number of halogens is 3. The topological polar surface area (TPSA) is 116 Å². The van der Waals surface area contributed by atoms with Gasteiger partial charge in [0.15, 0.2) is 0 Å². The van der Waals surface area contributed by atoms with Crippen molar-refractivity contribution in [3.05, 3.63) is 119 Å². The summed E-state index contributed by atoms with van der Waals surface area (Å²) in [7, 11) is -3.67. The zero-order chi connectivity index (χ0) is 62.0. The molecule has 0 radical (unpaired) electrons. The van der Waals surface area contributed by atoms with Crippen molar-refractivity contribution in [1.29, 1.82) is 0 Å². The number of hydrogen-bond acceptors (Lipinski definition) is 10. The third-order valence-electron chi connectivity index (χ3n) is 15.6. The van der Waals surface area contributed by atoms with E-state index in [4.69, 9.17) is 33.2 Å². The lowest BCUT2D eigenvalue weighted by atomic mass is 9.65. The minimum atomic E-state index is -3.67. The van der Waals surface area contributed by atoms with Crippen molar-refractivity contribution >= 4 is 25.5 Å². The third kappa shape index (κ3) is 26.7. The van der Waals surface area contributed by atoms with Crippen LogP contribution in [0.25, 0.3) is 0 Å². The molecular weight excluding hydrogens is 1060 g/mol. The molecule has 2 saturated heterocycles. The maximum atomic E-state index is 13.2. The summed E-state index contributed by atoms with van der Waals surface area (Å²) in [6.45, 7) is 39.1. The lowest BCUT2D eigenvalue weighted by molar-refractivity contribution is -0.219. The molecule has 83 heavy (non-hydrogen) atoms. The second-order valence-corrected chi connectivity index (χ2v) is 26.4. The molecule has 0 amide bonds. The van der Waals surface area contributed by atoms with Crippen LogP contribution in [0.1, 0.15) is 207 Å². The molecule has 10 unspecified atom stereocenters. The molecule has 466 valence electrons. The zero-order valence-corrected chi connectivity index (χ0v) is 53.8. The summed E-state index contributed by atoms with van der Waals surface area (Å²) < 4.78 is 70.3. The predicted molar refractivity (Wildman–Crippen MR) is 329 cm³/mol. The number of hydrogen-bond donors (Lipinski definition) is 0. The van der Waals surface area contributed by atoms with E-state index in [1.54, 1.807) is 6.26 Å². The van der Waals surface area contributed by atoms with Crippen LogP contribution in [0, 0.1) is 40.4 Å². The molecule has 3 aromatic rings. The summed E-state index contributed by atoms with van der Waals surface area (Å²) in [6.07, 6.45) is 11.8. The average molecular weight is 1160 g/mol. The summed E-state index contributed by atoms with van der Waals surface area (Å²) in [6, 6.07) is 25.0. The molecule has 3 heterocycles. The largest absolute Gasteiger partial charge is 0.762 e. The fraction of sp³-hybridized carbons (Fsp3) is 0.667. The van der Waals surface area contributed by atoms with Crippen LogP contribution in [-0.4, -0.2) is 89.0 Å². The summed E-state index contributed by atoms with van der Waals surface area (Å²) in [4.78, 5) is 38.5. The normalized spacial score (nSPS) is 21.8. The van der Waals surface area contributed by atoms with Crippen molar-refractivity contribution in [2.24, 2.45) is 40.4 Å². The van der Waals surface area contributed by atoms with E-state index in [0.717, 1.165) is 87.7 Å². The van der Waals surface area contributed by atoms with Crippen molar-refractivity contribution < 1.29 is 60.5 Å². The Morgan fingerprint density at radius 2 is 0.880 bits per heavy atom. The number of allylic oxidation sites excluding steroid dienone is 1. The van der Waals surface area contributed by atoms with Gasteiger partial charge in [0, 0.05) is 19.1 Å². The lowest BCUT2D eigenvalue weighted by Gasteiger charge is -2.52. The number of carbonyl (C=O) groups excluding carboxylic acids is 3. The van der Waals surface area contributed by atoms with E-state index in [1.165, 1.54) is 16.7 Å². The molecule has 10 atom stereocenters. The molecule has 10 nitrogen and oxygen atoms in total. The van der Waals surface area contributed by atoms with Crippen LogP contribution in [0.5, 0.6) is 0 Å². The molecule has 0 bridgehead atoms. The van der Waals surface area contributed by atoms with Crippen LogP contribution in [0.2, 0.25) is 0 Å². The molecule has 0 aliphatic carbocycles. The van der Waals surface area contributed by atoms with Gasteiger partial charge in [-0.15, -0.1) is 0 Å². The Kier molecular flexibility index (Phi) is 31.8. The third-order valence-corrected chi connectivity index (χ3v) is 15.6. The molecule has 0 saturated carbocycles. The molecule has 3 aliphatic heterocycles. The van der Waals surface area contributed by atoms with Gasteiger partial charge in [-0.05, 0) is 166 Å². The second kappa shape index (κ2) is 36.4. The van der Waals surface area contributed by atoms with Gasteiger partial charge >= 0.3 is 25.5 Å². The van der Waals surface area contributed by atoms with Crippen molar-refractivity contribution in [2.75, 3.05) is 33.0 Å². The van der Waals surface area contributed by atoms with Crippen LogP contribution in [0.3, 0.4) is 0 Å². The van der Waals surface area contributed by atoms with Gasteiger partial charge in [-0.1, -0.05) is 156 Å². The first kappa shape index (κ1) is 72.6. The Balaban J connectivity index is 0.000000476. The summed E-state index contributed by atoms with van der Waals surface area (Å²) >= 11 is 0. The smallest absolute Gasteiger partial charge is 0.495 e. The van der Waals surface area contributed by atoms with Gasteiger partial charge in [0.25, 0.3) is 0 Å². The molecule has 3 aromatic carbocycles. The number of benzene rings is 3. The summed E-state index contributed by atoms with van der Waals surface area (Å²) in [5.74, 6) is 0.794. The highest BCUT2D eigenvalue weighted by molar-refractivity contribution is 6.33. The first-order chi connectivity index (χ1) is 39.0. The monoisotopic (exact) mass is 1160 g/mol. The Morgan fingerprint density at radius 3 is 1.19 bits per heavy atom. The first-order valence-corrected chi connectivity index (χ1v) is 30.9. The fourth-order valence-electron chi connectivity index (χ4n) is 11.0. The minimum absolute atomic E-state index is 0.00503. The number of rotatable bonds is 21. The molecule has 2 fully saturated rings. The second-order valence-electron chi connectivity index (χ2n) is 26.4. The van der Waals surface area contributed by atoms with E-state index in [0.29, 0.717) is 30.3 Å². The van der Waals surface area contributed by atoms with E-state index in [1.807, 2.05) is 52.8 Å². The SMILES string of the molecule is CC(C)Cc1ccc(C(C)C(=O)OCC2CCC(C(C)(C)C)C(C3CCC(COC(=O)C(C)c4ccc(CC(C)C)cc4)OC3C(C)(C)C)O2)cc1.CC(C)Cc1ccc(C(C)C(=O)OCC2CCC=CO2)cc1.CCOCC.FB(F)F. The highest BCUT2D eigenvalue weighted by Gasteiger charge is 2.50. The standard InChI is InChI=1S/C46H70O6.C19H26O3.C4H10O.BF3/c1-29(2)25-33-13-17-35(18-14-33)31(5)43(47)49-27-37-22-24-40(45(7,8)9)41(51-37)39-23-21-38(52-42(39)46(10,11)12)28-50-44(48)32(6)36-19-15-34(16-20-36)26-30(3)4;1-14(2)12-16-7-9-17(10-8-16)15(3)19(20)22-13-18-6-4-5-11-21-18;1-3-5-4-2;2-1(3)4/h13-20,29-32,37-42H,21-28H2,1-12H3;5,7-11,14-15,18H,4,6,12-13H2,1-3H3;3-4H2,1-2H3;. The summed E-state index contributed by atoms with van der Waals surface area (Å²) in [5, 5.41) is 0. The van der Waals surface area contributed by atoms with Crippen LogP contribution in [0.4, 0.5) is 12.9 Å². The van der Waals surface area contributed by atoms with Crippen molar-refractivity contribution in [1.82, 2.24) is 0 Å². The minimum Gasteiger partial charge on any atom is -0.495 e. The number of esters is 3. The average Bonchev–Trinajstić information content (AvgIpc) is 3.64. The Bertz CT molecular complexity index is 2320. The zero-order valence-electron chi connectivity index (χ0n) is 53.8. The molecule has 3 aliphatic rings. The van der Waals surface area contributed by atoms with Crippen LogP contribution in [-0.2, 0) is 66.8 Å². The van der Waals surface area contributed by atoms with Gasteiger partial charge in [0.1, 0.15) is 25.9 Å². The molecule has 14 heteroatoms. The Labute approximate surface area is 499 Å². The van der Waals surface area contributed by atoms with E-state index in [9.17, 15) is 27.3 Å². The van der Waals surface area contributed by atoms with Crippen LogP contribution in [0.15, 0.2) is 85.1 Å². The van der Waals surface area contributed by atoms with Gasteiger partial charge in [0.2, 0.25) is 0 Å². The van der Waals surface area contributed by atoms with Gasteiger partial charge in [-0.2, -0.15) is 0 Å². The van der Waals surface area contributed by atoms with E-state index in [2.05, 4.69) is 144 Å². The maximum absolute atomic E-state index is 13.2. The van der Waals surface area contributed by atoms with Gasteiger partial charge in [-0.3, -0.25) is 27.3 Å². The van der Waals surface area contributed by atoms with E-state index < -0.39 is 7.54 Å². The van der Waals surface area contributed by atoms with Crippen molar-refractivity contribution in [2.45, 2.75) is 224 Å². The molecule has 0 aromatic heterocycles. The molecule has 0 spiro atoms. The predicted octanol–water partition coefficient (Wildman–Crippen LogP) is 16.6. The van der Waals surface area contributed by atoms with Gasteiger partial charge < -0.3 is 33.2 Å². The highest BCUT2D eigenvalue weighted by atomic mass is 19.4. The maximum Gasteiger partial charge on any atom is 0.762 e. The van der Waals surface area contributed by atoms with Gasteiger partial charge in [0.05, 0.1) is 48.4 Å². The van der Waals surface area contributed by atoms with E-state index in [-0.39, 0.29) is 96.1 Å². The summed E-state index contributed by atoms with van der Waals surface area (Å²) in [5.41, 5.74) is 6.73. The lowest BCUT2D eigenvalue weighted by Crippen LogP contribution is -2.55. The van der Waals surface area contributed by atoms with Crippen molar-refractivity contribution in [3.63, 3.8) is 0 Å². The van der Waals surface area contributed by atoms with Gasteiger partial charge in [-0.25, -0.2) is 0 Å². The highest BCUT2D eigenvalue weighted by Crippen LogP contribution is 2.48. The molecular formula is C69H106BF3O10. The Hall–Kier alpha value is -4.66. The van der Waals surface area contributed by atoms with E-state index >= 15 is 0 Å². The number of carbonyl (C=O) groups is 3. The number of ether oxygens (including phenoxy) is 7. The Morgan fingerprint density at radius 1 is 0.518 bits per heavy atom. The fourth-order valence-corrected chi connectivity index (χ4v) is 11.0. The van der Waals surface area contributed by atoms with Crippen LogP contribution >= 0.6 is 0 Å². The van der Waals surface area contributed by atoms with Crippen LogP contribution < -0.4 is 0 Å². The quantitative estimate of drug-likeness (QED) is 0.0580. The molecule has 6 rings (SSSR count). The first-order valence-electron chi connectivity index (χ1n) is 30.9. The molecule has 0 N–H and O–H groups in total. The van der Waals surface area contributed by atoms with Crippen molar-refractivity contribution in [3.8, 4) is 0 Å².